The molecular weight excluding hydrogens is 302 g/mol. The van der Waals surface area contributed by atoms with E-state index in [9.17, 15) is 0 Å². The molecule has 1 nitrogen and oxygen atoms in total. The Bertz CT molecular complexity index is 669. The van der Waals surface area contributed by atoms with Crippen molar-refractivity contribution in [1.82, 2.24) is 5.32 Å². The van der Waals surface area contributed by atoms with Gasteiger partial charge in [0.2, 0.25) is 0 Å². The quantitative estimate of drug-likeness (QED) is 0.526. The van der Waals surface area contributed by atoms with Crippen LogP contribution in [0.2, 0.25) is 0 Å². The summed E-state index contributed by atoms with van der Waals surface area (Å²) in [4.78, 5) is 0. The van der Waals surface area contributed by atoms with E-state index in [-0.39, 0.29) is 0 Å². The molecule has 25 heavy (non-hydrogen) atoms. The van der Waals surface area contributed by atoms with E-state index in [2.05, 4.69) is 76.4 Å². The van der Waals surface area contributed by atoms with Gasteiger partial charge in [-0.1, -0.05) is 55.4 Å². The molecule has 0 atom stereocenters. The van der Waals surface area contributed by atoms with E-state index >= 15 is 0 Å². The molecule has 0 heterocycles. The van der Waals surface area contributed by atoms with Crippen LogP contribution in [0.4, 0.5) is 0 Å². The maximum Gasteiger partial charge on any atom is 0.0332 e. The first-order valence-electron chi connectivity index (χ1n) is 9.65. The fourth-order valence-electron chi connectivity index (χ4n) is 3.59. The van der Waals surface area contributed by atoms with Crippen molar-refractivity contribution in [3.63, 3.8) is 0 Å². The van der Waals surface area contributed by atoms with Crippen LogP contribution < -0.4 is 5.32 Å². The minimum atomic E-state index is 0.314. The van der Waals surface area contributed by atoms with Gasteiger partial charge in [0.15, 0.2) is 0 Å². The molecule has 0 aliphatic heterocycles. The van der Waals surface area contributed by atoms with Crippen molar-refractivity contribution in [2.24, 2.45) is 5.41 Å². The van der Waals surface area contributed by atoms with E-state index in [1.165, 1.54) is 54.5 Å². The molecule has 0 radical (unpaired) electrons. The zero-order valence-electron chi connectivity index (χ0n) is 17.0. The smallest absolute Gasteiger partial charge is 0.0332 e. The highest BCUT2D eigenvalue weighted by Crippen LogP contribution is 2.40. The van der Waals surface area contributed by atoms with E-state index in [1.807, 2.05) is 7.05 Å². The van der Waals surface area contributed by atoms with Crippen molar-refractivity contribution in [3.8, 4) is 0 Å². The van der Waals surface area contributed by atoms with Crippen LogP contribution in [0.15, 0.2) is 70.0 Å². The molecule has 0 bridgehead atoms. The van der Waals surface area contributed by atoms with Gasteiger partial charge in [0.1, 0.15) is 0 Å². The lowest BCUT2D eigenvalue weighted by Gasteiger charge is -2.32. The number of nitrogens with one attached hydrogen (secondary N) is 1. The standard InChI is InChI=1S/C24H35N/c1-18(12-15-22-20(3)11-8-16-24(22,4)5)9-7-10-19(2)17-23(25-6)21-13-14-21/h7,9-10,12,15,17,25H,8,11,13-14,16H2,1-6H3/b10-7+,15-12+,18-9+,19-17+. The molecule has 136 valence electrons. The molecule has 0 aromatic carbocycles. The highest BCUT2D eigenvalue weighted by atomic mass is 14.8. The van der Waals surface area contributed by atoms with Gasteiger partial charge in [-0.15, -0.1) is 0 Å². The molecule has 0 aromatic rings. The van der Waals surface area contributed by atoms with Gasteiger partial charge in [-0.05, 0) is 81.1 Å². The van der Waals surface area contributed by atoms with Gasteiger partial charge in [-0.3, -0.25) is 0 Å². The molecule has 0 aromatic heterocycles. The van der Waals surface area contributed by atoms with Gasteiger partial charge >= 0.3 is 0 Å². The Morgan fingerprint density at radius 2 is 1.76 bits per heavy atom. The van der Waals surface area contributed by atoms with Crippen molar-refractivity contribution in [2.45, 2.75) is 66.7 Å². The van der Waals surface area contributed by atoms with Crippen LogP contribution in [0.25, 0.3) is 0 Å². The van der Waals surface area contributed by atoms with Gasteiger partial charge in [-0.2, -0.15) is 0 Å². The van der Waals surface area contributed by atoms with Crippen LogP contribution >= 0.6 is 0 Å². The second kappa shape index (κ2) is 8.56. The lowest BCUT2D eigenvalue weighted by molar-refractivity contribution is 0.377. The summed E-state index contributed by atoms with van der Waals surface area (Å²) in [6.07, 6.45) is 19.8. The molecule has 2 rings (SSSR count). The van der Waals surface area contributed by atoms with Gasteiger partial charge in [0, 0.05) is 12.7 Å². The maximum absolute atomic E-state index is 3.30. The highest BCUT2D eigenvalue weighted by Gasteiger charge is 2.26. The van der Waals surface area contributed by atoms with Crippen molar-refractivity contribution in [3.05, 3.63) is 70.0 Å². The number of likely N-dealkylation sites (N-methyl/N-ethyl adjacent to an activating group) is 1. The van der Waals surface area contributed by atoms with Crippen molar-refractivity contribution >= 4 is 0 Å². The zero-order chi connectivity index (χ0) is 18.4. The van der Waals surface area contributed by atoms with Crippen LogP contribution in [0, 0.1) is 5.41 Å². The highest BCUT2D eigenvalue weighted by molar-refractivity contribution is 5.39. The molecule has 2 aliphatic carbocycles. The Labute approximate surface area is 155 Å². The number of rotatable bonds is 6. The normalized spacial score (nSPS) is 21.4. The van der Waals surface area contributed by atoms with E-state index in [1.54, 1.807) is 11.1 Å². The molecule has 1 heteroatoms. The van der Waals surface area contributed by atoms with Crippen molar-refractivity contribution in [1.29, 1.82) is 0 Å². The van der Waals surface area contributed by atoms with Crippen LogP contribution in [-0.4, -0.2) is 7.05 Å². The van der Waals surface area contributed by atoms with Gasteiger partial charge in [0.05, 0.1) is 0 Å². The lowest BCUT2D eigenvalue weighted by Crippen LogP contribution is -2.19. The average Bonchev–Trinajstić information content (AvgIpc) is 3.36. The number of allylic oxidation sites excluding steroid dienone is 11. The van der Waals surface area contributed by atoms with E-state index in [0.717, 1.165) is 0 Å². The topological polar surface area (TPSA) is 12.0 Å². The van der Waals surface area contributed by atoms with Crippen LogP contribution in [0.1, 0.15) is 66.7 Å². The Morgan fingerprint density at radius 1 is 1.04 bits per heavy atom. The van der Waals surface area contributed by atoms with E-state index in [0.29, 0.717) is 5.41 Å². The molecule has 1 saturated carbocycles. The number of hydrogen-bond acceptors (Lipinski definition) is 1. The first-order valence-corrected chi connectivity index (χ1v) is 9.65. The summed E-state index contributed by atoms with van der Waals surface area (Å²) >= 11 is 0. The van der Waals surface area contributed by atoms with Gasteiger partial charge in [0.25, 0.3) is 0 Å². The third kappa shape index (κ3) is 5.92. The summed E-state index contributed by atoms with van der Waals surface area (Å²) < 4.78 is 0. The summed E-state index contributed by atoms with van der Waals surface area (Å²) in [7, 11) is 2.01. The maximum atomic E-state index is 3.30. The molecule has 1 N–H and O–H groups in total. The average molecular weight is 338 g/mol. The van der Waals surface area contributed by atoms with Gasteiger partial charge < -0.3 is 5.32 Å². The molecule has 2 aliphatic rings. The minimum Gasteiger partial charge on any atom is -0.388 e. The lowest BCUT2D eigenvalue weighted by atomic mass is 9.72. The largest absolute Gasteiger partial charge is 0.388 e. The summed E-state index contributed by atoms with van der Waals surface area (Å²) in [5, 5.41) is 3.30. The Hall–Kier alpha value is -1.76. The molecule has 0 amide bonds. The molecule has 1 fully saturated rings. The summed E-state index contributed by atoms with van der Waals surface area (Å²) in [5.74, 6) is 0. The summed E-state index contributed by atoms with van der Waals surface area (Å²) in [6, 6.07) is 0. The zero-order valence-corrected chi connectivity index (χ0v) is 17.0. The predicted molar refractivity (Wildman–Crippen MR) is 111 cm³/mol. The van der Waals surface area contributed by atoms with E-state index in [4.69, 9.17) is 0 Å². The van der Waals surface area contributed by atoms with Crippen molar-refractivity contribution < 1.29 is 0 Å². The van der Waals surface area contributed by atoms with E-state index < -0.39 is 0 Å². The second-order valence-electron chi connectivity index (χ2n) is 8.19. The Morgan fingerprint density at radius 3 is 2.36 bits per heavy atom. The second-order valence-corrected chi connectivity index (χ2v) is 8.19. The fraction of sp³-hybridized carbons (Fsp3) is 0.500. The minimum absolute atomic E-state index is 0.314. The van der Waals surface area contributed by atoms with Crippen LogP contribution in [0.5, 0.6) is 0 Å². The third-order valence-electron chi connectivity index (χ3n) is 5.30. The first kappa shape index (κ1) is 19.6. The van der Waals surface area contributed by atoms with Crippen LogP contribution in [-0.2, 0) is 0 Å². The fourth-order valence-corrected chi connectivity index (χ4v) is 3.59. The SMILES string of the molecule is CNC(/C=C(C)/C=C/C=C(C)/C=C/C1=C(C)CCCC1(C)C)=C1CC1. The van der Waals surface area contributed by atoms with Gasteiger partial charge in [-0.25, -0.2) is 0 Å². The molecule has 0 saturated heterocycles. The third-order valence-corrected chi connectivity index (χ3v) is 5.30. The Kier molecular flexibility index (Phi) is 6.70. The monoisotopic (exact) mass is 337 g/mol. The molecule has 0 unspecified atom stereocenters. The summed E-state index contributed by atoms with van der Waals surface area (Å²) in [6.45, 7) is 11.4. The van der Waals surface area contributed by atoms with Crippen molar-refractivity contribution in [2.75, 3.05) is 7.05 Å². The van der Waals surface area contributed by atoms with Crippen LogP contribution in [0.3, 0.4) is 0 Å². The predicted octanol–water partition coefficient (Wildman–Crippen LogP) is 6.79. The summed E-state index contributed by atoms with van der Waals surface area (Å²) in [5.41, 5.74) is 8.81. The Balaban J connectivity index is 2.02. The first-order chi connectivity index (χ1) is 11.8. The molecule has 0 spiro atoms. The molecular formula is C24H35N. The number of hydrogen-bond donors (Lipinski definition) is 1.